The lowest BCUT2D eigenvalue weighted by Crippen LogP contribution is -1.91. The second kappa shape index (κ2) is 4.35. The average molecular weight is 218 g/mol. The second-order valence-corrected chi connectivity index (χ2v) is 3.75. The number of hydrogen-bond donors (Lipinski definition) is 1. The minimum Gasteiger partial charge on any atom is -0.463 e. The number of imidazole rings is 1. The molecule has 4 heteroatoms. The van der Waals surface area contributed by atoms with Crippen LogP contribution < -0.4 is 0 Å². The maximum atomic E-state index is 10.1. The fourth-order valence-corrected chi connectivity index (χ4v) is 1.80. The van der Waals surface area contributed by atoms with E-state index in [4.69, 9.17) is 4.74 Å². The van der Waals surface area contributed by atoms with Gasteiger partial charge >= 0.3 is 0 Å². The van der Waals surface area contributed by atoms with Crippen LogP contribution in [-0.4, -0.2) is 16.4 Å². The molecule has 1 N–H and O–H groups in total. The topological polar surface area (TPSA) is 55.0 Å². The minimum atomic E-state index is 0.306. The Morgan fingerprint density at radius 1 is 1.50 bits per heavy atom. The van der Waals surface area contributed by atoms with Crippen LogP contribution in [0.3, 0.4) is 0 Å². The summed E-state index contributed by atoms with van der Waals surface area (Å²) < 4.78 is 4.74. The highest BCUT2D eigenvalue weighted by molar-refractivity contribution is 5.79. The lowest BCUT2D eigenvalue weighted by Gasteiger charge is -2.01. The van der Waals surface area contributed by atoms with E-state index in [1.54, 1.807) is 0 Å². The van der Waals surface area contributed by atoms with Crippen molar-refractivity contribution in [3.05, 3.63) is 29.1 Å². The van der Waals surface area contributed by atoms with Crippen LogP contribution >= 0.6 is 0 Å². The zero-order valence-corrected chi connectivity index (χ0v) is 9.41. The van der Waals surface area contributed by atoms with E-state index in [0.29, 0.717) is 13.1 Å². The average Bonchev–Trinajstić information content (AvgIpc) is 2.70. The smallest absolute Gasteiger partial charge is 0.293 e. The van der Waals surface area contributed by atoms with Gasteiger partial charge in [0.05, 0.1) is 11.0 Å². The number of carbonyl (C=O) groups excluding carboxylic acids is 1. The first-order valence-corrected chi connectivity index (χ1v) is 5.28. The van der Waals surface area contributed by atoms with Crippen LogP contribution in [0.1, 0.15) is 23.9 Å². The molecule has 0 unspecified atom stereocenters. The van der Waals surface area contributed by atoms with Gasteiger partial charge in [0.25, 0.3) is 6.47 Å². The summed E-state index contributed by atoms with van der Waals surface area (Å²) in [6.45, 7) is 4.83. The molecule has 0 saturated heterocycles. The largest absolute Gasteiger partial charge is 0.463 e. The van der Waals surface area contributed by atoms with E-state index in [-0.39, 0.29) is 0 Å². The Morgan fingerprint density at radius 3 is 3.00 bits per heavy atom. The normalized spacial score (nSPS) is 10.6. The molecule has 0 bridgehead atoms. The molecule has 84 valence electrons. The number of rotatable bonds is 4. The second-order valence-electron chi connectivity index (χ2n) is 3.75. The Labute approximate surface area is 93.6 Å². The Kier molecular flexibility index (Phi) is 2.90. The van der Waals surface area contributed by atoms with Gasteiger partial charge in [-0.05, 0) is 24.1 Å². The molecule has 0 fully saturated rings. The van der Waals surface area contributed by atoms with E-state index in [1.807, 2.05) is 19.1 Å². The molecule has 4 nitrogen and oxygen atoms in total. The molecule has 2 aromatic rings. The third-order valence-corrected chi connectivity index (χ3v) is 2.54. The Bertz CT molecular complexity index is 517. The summed E-state index contributed by atoms with van der Waals surface area (Å²) in [5, 5.41) is 0. The first-order valence-electron chi connectivity index (χ1n) is 5.28. The summed E-state index contributed by atoms with van der Waals surface area (Å²) in [4.78, 5) is 17.9. The highest BCUT2D eigenvalue weighted by Crippen LogP contribution is 2.19. The maximum Gasteiger partial charge on any atom is 0.293 e. The molecule has 0 aliphatic rings. The lowest BCUT2D eigenvalue weighted by atomic mass is 10.1. The molecular formula is C12H14N2O2. The van der Waals surface area contributed by atoms with E-state index in [1.165, 1.54) is 0 Å². The predicted molar refractivity (Wildman–Crippen MR) is 61.1 cm³/mol. The maximum absolute atomic E-state index is 10.1. The van der Waals surface area contributed by atoms with E-state index >= 15 is 0 Å². The van der Waals surface area contributed by atoms with Gasteiger partial charge in [0.15, 0.2) is 0 Å². The Balaban J connectivity index is 2.44. The number of aryl methyl sites for hydroxylation is 2. The van der Waals surface area contributed by atoms with Crippen LogP contribution in [0.15, 0.2) is 12.1 Å². The number of fused-ring (bicyclic) bond motifs is 1. The van der Waals surface area contributed by atoms with Crippen molar-refractivity contribution in [1.82, 2.24) is 9.97 Å². The van der Waals surface area contributed by atoms with E-state index in [9.17, 15) is 4.79 Å². The molecule has 0 radical (unpaired) electrons. The summed E-state index contributed by atoms with van der Waals surface area (Å²) in [6, 6.07) is 3.96. The molecule has 1 aromatic heterocycles. The number of H-pyrrole nitrogens is 1. The van der Waals surface area contributed by atoms with Gasteiger partial charge in [-0.25, -0.2) is 4.98 Å². The van der Waals surface area contributed by atoms with Gasteiger partial charge in [0, 0.05) is 6.42 Å². The molecule has 0 spiro atoms. The molecule has 0 atom stereocenters. The van der Waals surface area contributed by atoms with Crippen molar-refractivity contribution in [3.8, 4) is 0 Å². The van der Waals surface area contributed by atoms with E-state index in [2.05, 4.69) is 16.9 Å². The van der Waals surface area contributed by atoms with Gasteiger partial charge in [0.2, 0.25) is 0 Å². The number of aromatic nitrogens is 2. The quantitative estimate of drug-likeness (QED) is 0.799. The van der Waals surface area contributed by atoms with Crippen molar-refractivity contribution in [2.24, 2.45) is 0 Å². The minimum absolute atomic E-state index is 0.306. The SMILES string of the molecule is CCc1nc2c(C)cc(COC=O)cc2[nH]1. The number of ether oxygens (including phenoxy) is 1. The Morgan fingerprint density at radius 2 is 2.31 bits per heavy atom. The first-order chi connectivity index (χ1) is 7.74. The third-order valence-electron chi connectivity index (χ3n) is 2.54. The van der Waals surface area contributed by atoms with Gasteiger partial charge in [-0.15, -0.1) is 0 Å². The van der Waals surface area contributed by atoms with Crippen LogP contribution in [0.25, 0.3) is 11.0 Å². The van der Waals surface area contributed by atoms with Crippen LogP contribution in [0.5, 0.6) is 0 Å². The van der Waals surface area contributed by atoms with Crippen molar-refractivity contribution in [2.75, 3.05) is 0 Å². The third kappa shape index (κ3) is 1.91. The van der Waals surface area contributed by atoms with Crippen molar-refractivity contribution in [1.29, 1.82) is 0 Å². The molecular weight excluding hydrogens is 204 g/mol. The van der Waals surface area contributed by atoms with Gasteiger partial charge in [-0.3, -0.25) is 4.79 Å². The number of nitrogens with one attached hydrogen (secondary N) is 1. The number of hydrogen-bond acceptors (Lipinski definition) is 3. The van der Waals surface area contributed by atoms with Crippen LogP contribution in [0.2, 0.25) is 0 Å². The van der Waals surface area contributed by atoms with Crippen LogP contribution in [0, 0.1) is 6.92 Å². The number of carbonyl (C=O) groups is 1. The summed E-state index contributed by atoms with van der Waals surface area (Å²) in [6.07, 6.45) is 0.883. The summed E-state index contributed by atoms with van der Waals surface area (Å²) in [5.41, 5.74) is 4.06. The molecule has 0 aliphatic heterocycles. The van der Waals surface area contributed by atoms with Gasteiger partial charge in [-0.2, -0.15) is 0 Å². The van der Waals surface area contributed by atoms with Crippen molar-refractivity contribution in [3.63, 3.8) is 0 Å². The zero-order chi connectivity index (χ0) is 11.5. The highest BCUT2D eigenvalue weighted by Gasteiger charge is 2.06. The van der Waals surface area contributed by atoms with Crippen molar-refractivity contribution in [2.45, 2.75) is 26.9 Å². The zero-order valence-electron chi connectivity index (χ0n) is 9.41. The van der Waals surface area contributed by atoms with Gasteiger partial charge in [0.1, 0.15) is 12.4 Å². The van der Waals surface area contributed by atoms with Crippen molar-refractivity contribution < 1.29 is 9.53 Å². The predicted octanol–water partition coefficient (Wildman–Crippen LogP) is 2.11. The van der Waals surface area contributed by atoms with E-state index < -0.39 is 0 Å². The first kappa shape index (κ1) is 10.7. The van der Waals surface area contributed by atoms with Crippen LogP contribution in [-0.2, 0) is 22.6 Å². The van der Waals surface area contributed by atoms with Gasteiger partial charge < -0.3 is 9.72 Å². The molecule has 16 heavy (non-hydrogen) atoms. The summed E-state index contributed by atoms with van der Waals surface area (Å²) >= 11 is 0. The molecule has 0 saturated carbocycles. The fraction of sp³-hybridized carbons (Fsp3) is 0.333. The monoisotopic (exact) mass is 218 g/mol. The van der Waals surface area contributed by atoms with Crippen LogP contribution in [0.4, 0.5) is 0 Å². The standard InChI is InChI=1S/C12H14N2O2/c1-3-11-13-10-5-9(6-16-7-15)4-8(2)12(10)14-11/h4-5,7H,3,6H2,1-2H3,(H,13,14). The number of nitrogens with zero attached hydrogens (tertiary/aromatic N) is 1. The summed E-state index contributed by atoms with van der Waals surface area (Å²) in [5.74, 6) is 0.978. The fourth-order valence-electron chi connectivity index (χ4n) is 1.80. The number of benzene rings is 1. The highest BCUT2D eigenvalue weighted by atomic mass is 16.5. The molecule has 1 aromatic carbocycles. The molecule has 1 heterocycles. The molecule has 0 aliphatic carbocycles. The lowest BCUT2D eigenvalue weighted by molar-refractivity contribution is -0.129. The Hall–Kier alpha value is -1.84. The van der Waals surface area contributed by atoms with Crippen molar-refractivity contribution >= 4 is 17.5 Å². The van der Waals surface area contributed by atoms with Gasteiger partial charge in [-0.1, -0.05) is 13.0 Å². The molecule has 2 rings (SSSR count). The van der Waals surface area contributed by atoms with E-state index in [0.717, 1.165) is 34.4 Å². The molecule has 0 amide bonds. The number of aromatic amines is 1. The summed E-state index contributed by atoms with van der Waals surface area (Å²) in [7, 11) is 0.